The summed E-state index contributed by atoms with van der Waals surface area (Å²) in [5.41, 5.74) is 3.00. The molecule has 3 nitrogen and oxygen atoms in total. The van der Waals surface area contributed by atoms with Crippen molar-refractivity contribution < 1.29 is 0 Å². The summed E-state index contributed by atoms with van der Waals surface area (Å²) in [7, 11) is 0. The topological polar surface area (TPSA) is 39.9 Å². The third-order valence-corrected chi connectivity index (χ3v) is 2.86. The van der Waals surface area contributed by atoms with Crippen LogP contribution in [0.2, 0.25) is 0 Å². The molecule has 0 unspecified atom stereocenters. The van der Waals surface area contributed by atoms with Crippen LogP contribution < -0.4 is 4.90 Å². The number of aryl methyl sites for hydroxylation is 1. The molecule has 1 aliphatic heterocycles. The summed E-state index contributed by atoms with van der Waals surface area (Å²) in [6.07, 6.45) is 4.07. The van der Waals surface area contributed by atoms with Gasteiger partial charge in [0.1, 0.15) is 11.8 Å². The van der Waals surface area contributed by atoms with E-state index in [1.807, 2.05) is 12.3 Å². The first-order chi connectivity index (χ1) is 7.22. The fourth-order valence-corrected chi connectivity index (χ4v) is 2.11. The van der Waals surface area contributed by atoms with E-state index < -0.39 is 0 Å². The van der Waals surface area contributed by atoms with Gasteiger partial charge >= 0.3 is 0 Å². The maximum atomic E-state index is 8.79. The van der Waals surface area contributed by atoms with Gasteiger partial charge in [-0.15, -0.1) is 0 Å². The number of aromatic nitrogens is 1. The molecule has 0 amide bonds. The summed E-state index contributed by atoms with van der Waals surface area (Å²) in [6.45, 7) is 5.47. The van der Waals surface area contributed by atoms with Crippen LogP contribution in [0.3, 0.4) is 0 Å². The maximum absolute atomic E-state index is 8.79. The standard InChI is InChI=1S/C12H15N3/c1-9(2)15-5-3-4-10-6-11(7-13)14-8-12(10)15/h6,8-9H,3-5H2,1-2H3. The maximum Gasteiger partial charge on any atom is 0.140 e. The molecule has 0 saturated carbocycles. The molecule has 2 heterocycles. The average Bonchev–Trinajstić information content (AvgIpc) is 2.27. The van der Waals surface area contributed by atoms with Crippen molar-refractivity contribution in [1.82, 2.24) is 4.98 Å². The van der Waals surface area contributed by atoms with E-state index in [4.69, 9.17) is 5.26 Å². The number of nitriles is 1. The minimum Gasteiger partial charge on any atom is -0.368 e. The van der Waals surface area contributed by atoms with Crippen molar-refractivity contribution in [3.63, 3.8) is 0 Å². The van der Waals surface area contributed by atoms with Crippen molar-refractivity contribution >= 4 is 5.69 Å². The molecule has 1 aromatic rings. The van der Waals surface area contributed by atoms with Crippen LogP contribution in [-0.4, -0.2) is 17.6 Å². The van der Waals surface area contributed by atoms with Crippen molar-refractivity contribution in [2.45, 2.75) is 32.7 Å². The van der Waals surface area contributed by atoms with Gasteiger partial charge in [-0.25, -0.2) is 4.98 Å². The lowest BCUT2D eigenvalue weighted by Gasteiger charge is -2.34. The quantitative estimate of drug-likeness (QED) is 0.698. The Hall–Kier alpha value is -1.56. The Morgan fingerprint density at radius 3 is 3.00 bits per heavy atom. The van der Waals surface area contributed by atoms with Gasteiger partial charge in [0.2, 0.25) is 0 Å². The molecule has 0 spiro atoms. The average molecular weight is 201 g/mol. The minimum atomic E-state index is 0.499. The predicted octanol–water partition coefficient (Wildman–Crippen LogP) is 2.11. The smallest absolute Gasteiger partial charge is 0.140 e. The summed E-state index contributed by atoms with van der Waals surface area (Å²) >= 11 is 0. The molecule has 2 rings (SSSR count). The van der Waals surface area contributed by atoms with Crippen LogP contribution in [0.1, 0.15) is 31.5 Å². The largest absolute Gasteiger partial charge is 0.368 e. The first kappa shape index (κ1) is 9.97. The van der Waals surface area contributed by atoms with Gasteiger partial charge in [-0.05, 0) is 38.3 Å². The van der Waals surface area contributed by atoms with Crippen LogP contribution in [0.25, 0.3) is 0 Å². The Balaban J connectivity index is 2.41. The zero-order valence-electron chi connectivity index (χ0n) is 9.20. The van der Waals surface area contributed by atoms with Gasteiger partial charge in [0.15, 0.2) is 0 Å². The fourth-order valence-electron chi connectivity index (χ4n) is 2.11. The van der Waals surface area contributed by atoms with E-state index in [1.165, 1.54) is 17.7 Å². The first-order valence-electron chi connectivity index (χ1n) is 5.38. The van der Waals surface area contributed by atoms with Gasteiger partial charge in [-0.3, -0.25) is 0 Å². The van der Waals surface area contributed by atoms with Crippen molar-refractivity contribution in [2.75, 3.05) is 11.4 Å². The highest BCUT2D eigenvalue weighted by molar-refractivity contribution is 5.56. The molecule has 15 heavy (non-hydrogen) atoms. The van der Waals surface area contributed by atoms with Crippen LogP contribution in [-0.2, 0) is 6.42 Å². The molecule has 0 radical (unpaired) electrons. The van der Waals surface area contributed by atoms with Crippen LogP contribution in [0.5, 0.6) is 0 Å². The van der Waals surface area contributed by atoms with Crippen molar-refractivity contribution in [2.24, 2.45) is 0 Å². The second-order valence-corrected chi connectivity index (χ2v) is 4.20. The van der Waals surface area contributed by atoms with E-state index in [2.05, 4.69) is 29.8 Å². The molecule has 0 fully saturated rings. The number of pyridine rings is 1. The first-order valence-corrected chi connectivity index (χ1v) is 5.38. The SMILES string of the molecule is CC(C)N1CCCc2cc(C#N)ncc21. The van der Waals surface area contributed by atoms with E-state index >= 15 is 0 Å². The Morgan fingerprint density at radius 2 is 2.33 bits per heavy atom. The third-order valence-electron chi connectivity index (χ3n) is 2.86. The second-order valence-electron chi connectivity index (χ2n) is 4.20. The van der Waals surface area contributed by atoms with Crippen molar-refractivity contribution in [1.29, 1.82) is 5.26 Å². The summed E-state index contributed by atoms with van der Waals surface area (Å²) in [4.78, 5) is 6.49. The summed E-state index contributed by atoms with van der Waals surface area (Å²) < 4.78 is 0. The Morgan fingerprint density at radius 1 is 1.53 bits per heavy atom. The van der Waals surface area contributed by atoms with Gasteiger partial charge in [-0.2, -0.15) is 5.26 Å². The van der Waals surface area contributed by atoms with Gasteiger partial charge in [0, 0.05) is 12.6 Å². The molecule has 0 saturated heterocycles. The molecular weight excluding hydrogens is 186 g/mol. The monoisotopic (exact) mass is 201 g/mol. The van der Waals surface area contributed by atoms with Crippen molar-refractivity contribution in [3.05, 3.63) is 23.5 Å². The summed E-state index contributed by atoms with van der Waals surface area (Å²) in [5, 5.41) is 8.79. The number of anilines is 1. The Bertz CT molecular complexity index is 404. The summed E-state index contributed by atoms with van der Waals surface area (Å²) in [5.74, 6) is 0. The molecule has 0 atom stereocenters. The lowest BCUT2D eigenvalue weighted by Crippen LogP contribution is -2.35. The highest BCUT2D eigenvalue weighted by Crippen LogP contribution is 2.28. The highest BCUT2D eigenvalue weighted by atomic mass is 15.2. The predicted molar refractivity (Wildman–Crippen MR) is 59.8 cm³/mol. The van der Waals surface area contributed by atoms with Crippen molar-refractivity contribution in [3.8, 4) is 6.07 Å². The van der Waals surface area contributed by atoms with Crippen LogP contribution in [0.4, 0.5) is 5.69 Å². The van der Waals surface area contributed by atoms with E-state index in [1.54, 1.807) is 0 Å². The normalized spacial score (nSPS) is 14.9. The molecule has 0 N–H and O–H groups in total. The molecule has 78 valence electrons. The number of hydrogen-bond acceptors (Lipinski definition) is 3. The Kier molecular flexibility index (Phi) is 2.59. The lowest BCUT2D eigenvalue weighted by atomic mass is 10.0. The Labute approximate surface area is 90.4 Å². The van der Waals surface area contributed by atoms with Gasteiger partial charge in [0.05, 0.1) is 11.9 Å². The van der Waals surface area contributed by atoms with Crippen LogP contribution >= 0.6 is 0 Å². The third kappa shape index (κ3) is 1.80. The molecule has 1 aromatic heterocycles. The van der Waals surface area contributed by atoms with E-state index in [0.717, 1.165) is 13.0 Å². The molecule has 3 heteroatoms. The lowest BCUT2D eigenvalue weighted by molar-refractivity contribution is 0.623. The van der Waals surface area contributed by atoms with Crippen LogP contribution in [0.15, 0.2) is 12.3 Å². The molecule has 0 aromatic carbocycles. The van der Waals surface area contributed by atoms with Gasteiger partial charge < -0.3 is 4.90 Å². The van der Waals surface area contributed by atoms with E-state index in [0.29, 0.717) is 11.7 Å². The highest BCUT2D eigenvalue weighted by Gasteiger charge is 2.19. The molecule has 0 bridgehead atoms. The van der Waals surface area contributed by atoms with E-state index in [-0.39, 0.29) is 0 Å². The molecule has 1 aliphatic rings. The number of rotatable bonds is 1. The molecular formula is C12H15N3. The fraction of sp³-hybridized carbons (Fsp3) is 0.500. The minimum absolute atomic E-state index is 0.499. The van der Waals surface area contributed by atoms with Gasteiger partial charge in [-0.1, -0.05) is 0 Å². The number of hydrogen-bond donors (Lipinski definition) is 0. The van der Waals surface area contributed by atoms with E-state index in [9.17, 15) is 0 Å². The zero-order chi connectivity index (χ0) is 10.8. The van der Waals surface area contributed by atoms with Crippen LogP contribution in [0, 0.1) is 11.3 Å². The second kappa shape index (κ2) is 3.90. The number of nitrogens with zero attached hydrogens (tertiary/aromatic N) is 3. The zero-order valence-corrected chi connectivity index (χ0v) is 9.20. The van der Waals surface area contributed by atoms with Gasteiger partial charge in [0.25, 0.3) is 0 Å². The summed E-state index contributed by atoms with van der Waals surface area (Å²) in [6, 6.07) is 4.51. The number of fused-ring (bicyclic) bond motifs is 1. The molecule has 0 aliphatic carbocycles.